The van der Waals surface area contributed by atoms with Crippen molar-refractivity contribution in [2.75, 3.05) is 32.8 Å². The average molecular weight is 364 g/mol. The maximum atomic E-state index is 12.5. The number of hydrogen-bond donors (Lipinski definition) is 1. The Bertz CT molecular complexity index is 735. The van der Waals surface area contributed by atoms with E-state index >= 15 is 0 Å². The van der Waals surface area contributed by atoms with Crippen LogP contribution in [-0.2, 0) is 16.0 Å². The van der Waals surface area contributed by atoms with Crippen LogP contribution in [0, 0.1) is 0 Å². The van der Waals surface area contributed by atoms with E-state index < -0.39 is 0 Å². The molecule has 27 heavy (non-hydrogen) atoms. The number of rotatable bonds is 7. The minimum Gasteiger partial charge on any atom is -0.379 e. The highest BCUT2D eigenvalue weighted by molar-refractivity contribution is 5.92. The number of aryl methyl sites for hydroxylation is 1. The van der Waals surface area contributed by atoms with Gasteiger partial charge in [0.1, 0.15) is 0 Å². The molecule has 4 heteroatoms. The second kappa shape index (κ2) is 10.0. The molecule has 1 atom stereocenters. The molecule has 0 spiro atoms. The first-order valence-corrected chi connectivity index (χ1v) is 9.67. The normalized spacial score (nSPS) is 16.3. The Morgan fingerprint density at radius 3 is 2.48 bits per heavy atom. The van der Waals surface area contributed by atoms with Gasteiger partial charge in [-0.1, -0.05) is 61.5 Å². The zero-order chi connectivity index (χ0) is 18.9. The highest BCUT2D eigenvalue weighted by atomic mass is 16.5. The molecule has 4 nitrogen and oxygen atoms in total. The molecule has 3 rings (SSSR count). The van der Waals surface area contributed by atoms with Gasteiger partial charge in [0.05, 0.1) is 19.3 Å². The van der Waals surface area contributed by atoms with Crippen LogP contribution in [0.3, 0.4) is 0 Å². The Hall–Kier alpha value is -2.43. The number of morpholine rings is 1. The predicted molar refractivity (Wildman–Crippen MR) is 109 cm³/mol. The number of ether oxygens (including phenoxy) is 1. The Labute approximate surface area is 161 Å². The largest absolute Gasteiger partial charge is 0.379 e. The molecule has 1 aliphatic heterocycles. The minimum absolute atomic E-state index is 0.0380. The van der Waals surface area contributed by atoms with E-state index in [1.54, 1.807) is 6.08 Å². The third kappa shape index (κ3) is 6.05. The molecule has 0 aromatic heterocycles. The molecule has 0 saturated carbocycles. The number of carbonyl (C=O) groups is 1. The summed E-state index contributed by atoms with van der Waals surface area (Å²) in [7, 11) is 0. The van der Waals surface area contributed by atoms with Gasteiger partial charge in [-0.2, -0.15) is 0 Å². The Morgan fingerprint density at radius 2 is 1.81 bits per heavy atom. The van der Waals surface area contributed by atoms with E-state index in [9.17, 15) is 4.79 Å². The van der Waals surface area contributed by atoms with Crippen molar-refractivity contribution in [3.05, 3.63) is 77.4 Å². The molecule has 2 aromatic rings. The molecule has 0 aliphatic carbocycles. The molecule has 1 fully saturated rings. The van der Waals surface area contributed by atoms with Crippen molar-refractivity contribution in [2.24, 2.45) is 0 Å². The van der Waals surface area contributed by atoms with Crippen LogP contribution in [0.25, 0.3) is 6.08 Å². The van der Waals surface area contributed by atoms with Gasteiger partial charge in [0.25, 0.3) is 0 Å². The van der Waals surface area contributed by atoms with E-state index in [0.29, 0.717) is 0 Å². The topological polar surface area (TPSA) is 41.6 Å². The van der Waals surface area contributed by atoms with Gasteiger partial charge < -0.3 is 10.1 Å². The van der Waals surface area contributed by atoms with Crippen LogP contribution in [0.2, 0.25) is 0 Å². The maximum absolute atomic E-state index is 12.5. The lowest BCUT2D eigenvalue weighted by Gasteiger charge is -2.31. The van der Waals surface area contributed by atoms with E-state index in [1.165, 1.54) is 5.56 Å². The highest BCUT2D eigenvalue weighted by Crippen LogP contribution is 2.15. The molecule has 0 unspecified atom stereocenters. The van der Waals surface area contributed by atoms with Crippen LogP contribution >= 0.6 is 0 Å². The van der Waals surface area contributed by atoms with Crippen LogP contribution in [0.4, 0.5) is 0 Å². The Balaban J connectivity index is 1.64. The highest BCUT2D eigenvalue weighted by Gasteiger charge is 2.19. The third-order valence-electron chi connectivity index (χ3n) is 4.88. The van der Waals surface area contributed by atoms with E-state index in [0.717, 1.165) is 50.4 Å². The summed E-state index contributed by atoms with van der Waals surface area (Å²) >= 11 is 0. The predicted octanol–water partition coefficient (Wildman–Crippen LogP) is 3.45. The van der Waals surface area contributed by atoms with Crippen molar-refractivity contribution in [3.63, 3.8) is 0 Å². The Morgan fingerprint density at radius 1 is 1.11 bits per heavy atom. The molecule has 1 N–H and O–H groups in total. The lowest BCUT2D eigenvalue weighted by atomic mass is 10.1. The summed E-state index contributed by atoms with van der Waals surface area (Å²) in [5.41, 5.74) is 3.45. The van der Waals surface area contributed by atoms with Crippen molar-refractivity contribution in [2.45, 2.75) is 19.4 Å². The molecule has 1 amide bonds. The van der Waals surface area contributed by atoms with Crippen LogP contribution in [0.15, 0.2) is 60.7 Å². The minimum atomic E-state index is -0.0725. The first-order chi connectivity index (χ1) is 13.2. The first-order valence-electron chi connectivity index (χ1n) is 9.67. The van der Waals surface area contributed by atoms with Gasteiger partial charge in [-0.3, -0.25) is 9.69 Å². The van der Waals surface area contributed by atoms with Crippen molar-refractivity contribution < 1.29 is 9.53 Å². The number of benzene rings is 2. The molecule has 1 saturated heterocycles. The number of nitrogens with one attached hydrogen (secondary N) is 1. The van der Waals surface area contributed by atoms with Gasteiger partial charge in [0.15, 0.2) is 0 Å². The summed E-state index contributed by atoms with van der Waals surface area (Å²) in [5, 5.41) is 3.17. The fraction of sp³-hybridized carbons (Fsp3) is 0.348. The monoisotopic (exact) mass is 364 g/mol. The second-order valence-corrected chi connectivity index (χ2v) is 6.81. The van der Waals surface area contributed by atoms with Gasteiger partial charge >= 0.3 is 0 Å². The van der Waals surface area contributed by atoms with Gasteiger partial charge in [-0.05, 0) is 29.2 Å². The molecule has 2 aromatic carbocycles. The molecular formula is C23H28N2O2. The second-order valence-electron chi connectivity index (χ2n) is 6.81. The summed E-state index contributed by atoms with van der Waals surface area (Å²) in [6.07, 6.45) is 4.51. The van der Waals surface area contributed by atoms with Gasteiger partial charge in [-0.15, -0.1) is 0 Å². The van der Waals surface area contributed by atoms with Crippen LogP contribution in [-0.4, -0.2) is 43.7 Å². The number of carbonyl (C=O) groups excluding carboxylic acids is 1. The summed E-state index contributed by atoms with van der Waals surface area (Å²) in [6.45, 7) is 6.23. The summed E-state index contributed by atoms with van der Waals surface area (Å²) in [5.74, 6) is -0.0725. The summed E-state index contributed by atoms with van der Waals surface area (Å²) in [4.78, 5) is 14.9. The van der Waals surface area contributed by atoms with Gasteiger partial charge in [-0.25, -0.2) is 0 Å². The number of nitrogens with zero attached hydrogens (tertiary/aromatic N) is 1. The van der Waals surface area contributed by atoms with Crippen molar-refractivity contribution in [3.8, 4) is 0 Å². The van der Waals surface area contributed by atoms with Gasteiger partial charge in [0.2, 0.25) is 5.91 Å². The lowest BCUT2D eigenvalue weighted by Crippen LogP contribution is -2.42. The number of hydrogen-bond acceptors (Lipinski definition) is 3. The van der Waals surface area contributed by atoms with Crippen LogP contribution < -0.4 is 5.32 Å². The van der Waals surface area contributed by atoms with E-state index in [-0.39, 0.29) is 11.9 Å². The third-order valence-corrected chi connectivity index (χ3v) is 4.88. The molecule has 0 radical (unpaired) electrons. The average Bonchev–Trinajstić information content (AvgIpc) is 2.73. The fourth-order valence-corrected chi connectivity index (χ4v) is 3.22. The lowest BCUT2D eigenvalue weighted by molar-refractivity contribution is -0.117. The zero-order valence-corrected chi connectivity index (χ0v) is 15.9. The van der Waals surface area contributed by atoms with E-state index in [4.69, 9.17) is 4.74 Å². The standard InChI is InChI=1S/C23H28N2O2/c1-2-19-8-10-20(11-9-19)12-13-23(26)24-22(21-6-4-3-5-7-21)18-25-14-16-27-17-15-25/h3-13,22H,2,14-18H2,1H3,(H,24,26)/b13-12+/t22-/m0/s1. The van der Waals surface area contributed by atoms with Gasteiger partial charge in [0, 0.05) is 25.7 Å². The molecule has 1 aliphatic rings. The first kappa shape index (κ1) is 19.3. The van der Waals surface area contributed by atoms with E-state index in [1.807, 2.05) is 36.4 Å². The number of amides is 1. The van der Waals surface area contributed by atoms with Crippen molar-refractivity contribution in [1.82, 2.24) is 10.2 Å². The molecule has 0 bridgehead atoms. The molecule has 1 heterocycles. The SMILES string of the molecule is CCc1ccc(/C=C/C(=O)N[C@@H](CN2CCOCC2)c2ccccc2)cc1. The van der Waals surface area contributed by atoms with Crippen LogP contribution in [0.5, 0.6) is 0 Å². The fourth-order valence-electron chi connectivity index (χ4n) is 3.22. The van der Waals surface area contributed by atoms with E-state index in [2.05, 4.69) is 41.4 Å². The molecular weight excluding hydrogens is 336 g/mol. The summed E-state index contributed by atoms with van der Waals surface area (Å²) in [6, 6.07) is 18.4. The van der Waals surface area contributed by atoms with Crippen LogP contribution in [0.1, 0.15) is 29.7 Å². The quantitative estimate of drug-likeness (QED) is 0.765. The summed E-state index contributed by atoms with van der Waals surface area (Å²) < 4.78 is 5.43. The maximum Gasteiger partial charge on any atom is 0.244 e. The van der Waals surface area contributed by atoms with Crippen molar-refractivity contribution in [1.29, 1.82) is 0 Å². The molecule has 142 valence electrons. The Kier molecular flexibility index (Phi) is 7.19. The van der Waals surface area contributed by atoms with Crippen molar-refractivity contribution >= 4 is 12.0 Å². The zero-order valence-electron chi connectivity index (χ0n) is 15.9. The smallest absolute Gasteiger partial charge is 0.244 e.